The molecule has 6 heterocycles. The molecule has 0 spiro atoms. The standard InChI is InChI=1S/C55H57F2N9O8/c1-73-46-30-40-42(58-21-14-45(40)74-38-8-6-36(7-9-38)60-54(72)55(19-20-55)53(71)59-35-4-2-34(56)3-5-35)31-44(46)64-22-15-33(16-23-64)32-62-26-28-63(29-27-62)37-17-24-65(25-18-37)49-41(57)11-10-39-48(49)52(70)66(51(39)69)43-12-13-47(67)61-50(43)68/h2-11,14,21,30-31,33,37,43H,12-13,15-20,22-29,32H2,1H3,(H,59,71)(H,60,72)(H,61,67,68). The lowest BCUT2D eigenvalue weighted by atomic mass is 9.95. The Morgan fingerprint density at radius 1 is 0.743 bits per heavy atom. The zero-order chi connectivity index (χ0) is 51.3. The average Bonchev–Trinajstić information content (AvgIpc) is 4.20. The second-order valence-electron chi connectivity index (χ2n) is 20.2. The molecule has 1 aliphatic carbocycles. The molecule has 6 amide bonds. The quantitative estimate of drug-likeness (QED) is 0.0850. The number of ether oxygens (including phenoxy) is 2. The highest BCUT2D eigenvalue weighted by Crippen LogP contribution is 2.48. The van der Waals surface area contributed by atoms with E-state index >= 15 is 4.39 Å². The molecule has 17 nitrogen and oxygen atoms in total. The number of nitrogens with one attached hydrogen (secondary N) is 3. The summed E-state index contributed by atoms with van der Waals surface area (Å²) in [7, 11) is 1.67. The van der Waals surface area contributed by atoms with E-state index in [9.17, 15) is 33.2 Å². The average molecular weight is 1010 g/mol. The first kappa shape index (κ1) is 48.7. The maximum atomic E-state index is 15.6. The van der Waals surface area contributed by atoms with Crippen LogP contribution in [-0.4, -0.2) is 133 Å². The third-order valence-electron chi connectivity index (χ3n) is 15.8. The minimum Gasteiger partial charge on any atom is -0.495 e. The molecule has 4 aromatic carbocycles. The van der Waals surface area contributed by atoms with E-state index in [-0.39, 0.29) is 29.7 Å². The third kappa shape index (κ3) is 9.49. The van der Waals surface area contributed by atoms with Crippen molar-refractivity contribution in [2.45, 2.75) is 63.5 Å². The summed E-state index contributed by atoms with van der Waals surface area (Å²) in [6, 6.07) is 19.9. The van der Waals surface area contributed by atoms with E-state index in [1.165, 1.54) is 36.4 Å². The number of hydrogen-bond acceptors (Lipinski definition) is 13. The van der Waals surface area contributed by atoms with Gasteiger partial charge in [0.2, 0.25) is 23.6 Å². The van der Waals surface area contributed by atoms with Gasteiger partial charge in [-0.15, -0.1) is 0 Å². The number of fused-ring (bicyclic) bond motifs is 2. The number of benzene rings is 4. The maximum absolute atomic E-state index is 15.6. The van der Waals surface area contributed by atoms with Crippen molar-refractivity contribution in [3.63, 3.8) is 0 Å². The molecule has 0 bridgehead atoms. The van der Waals surface area contributed by atoms with Crippen LogP contribution >= 0.6 is 0 Å². The van der Waals surface area contributed by atoms with Crippen LogP contribution in [0.1, 0.15) is 72.1 Å². The lowest BCUT2D eigenvalue weighted by Crippen LogP contribution is -2.54. The molecule has 0 radical (unpaired) electrons. The molecule has 384 valence electrons. The van der Waals surface area contributed by atoms with Gasteiger partial charge in [0, 0.05) is 94.3 Å². The smallest absolute Gasteiger partial charge is 0.264 e. The number of hydrogen-bond donors (Lipinski definition) is 3. The van der Waals surface area contributed by atoms with Crippen LogP contribution in [0.3, 0.4) is 0 Å². The molecule has 19 heteroatoms. The van der Waals surface area contributed by atoms with Crippen LogP contribution in [0.15, 0.2) is 85.1 Å². The van der Waals surface area contributed by atoms with Crippen molar-refractivity contribution in [2.24, 2.45) is 11.3 Å². The van der Waals surface area contributed by atoms with Crippen molar-refractivity contribution in [1.29, 1.82) is 0 Å². The minimum absolute atomic E-state index is 0.00205. The second-order valence-corrected chi connectivity index (χ2v) is 20.2. The largest absolute Gasteiger partial charge is 0.495 e. The summed E-state index contributed by atoms with van der Waals surface area (Å²) in [5.74, 6) is -1.88. The summed E-state index contributed by atoms with van der Waals surface area (Å²) in [4.78, 5) is 92.7. The molecule has 1 aromatic heterocycles. The van der Waals surface area contributed by atoms with E-state index in [0.29, 0.717) is 60.8 Å². The van der Waals surface area contributed by atoms with E-state index in [1.807, 2.05) is 11.0 Å². The third-order valence-corrected chi connectivity index (χ3v) is 15.8. The fourth-order valence-electron chi connectivity index (χ4n) is 11.4. The summed E-state index contributed by atoms with van der Waals surface area (Å²) in [6.07, 6.45) is 6.24. The number of imide groups is 2. The number of carbonyl (C=O) groups excluding carboxylic acids is 6. The molecule has 4 saturated heterocycles. The van der Waals surface area contributed by atoms with Gasteiger partial charge in [0.05, 0.1) is 35.1 Å². The molecular formula is C55H57F2N9O8. The molecule has 3 N–H and O–H groups in total. The Morgan fingerprint density at radius 2 is 1.41 bits per heavy atom. The second kappa shape index (κ2) is 20.1. The zero-order valence-electron chi connectivity index (χ0n) is 41.0. The summed E-state index contributed by atoms with van der Waals surface area (Å²) in [6.45, 7) is 7.64. The first-order chi connectivity index (χ1) is 35.8. The van der Waals surface area contributed by atoms with Gasteiger partial charge in [0.25, 0.3) is 11.8 Å². The molecule has 1 saturated carbocycles. The van der Waals surface area contributed by atoms with Crippen LogP contribution in [0.5, 0.6) is 17.2 Å². The van der Waals surface area contributed by atoms with Gasteiger partial charge in [-0.1, -0.05) is 0 Å². The van der Waals surface area contributed by atoms with Gasteiger partial charge in [-0.2, -0.15) is 0 Å². The number of aromatic nitrogens is 1. The minimum atomic E-state index is -1.18. The normalized spacial score (nSPS) is 20.6. The number of amides is 6. The zero-order valence-corrected chi connectivity index (χ0v) is 41.0. The number of nitrogens with zero attached hydrogens (tertiary/aromatic N) is 6. The Kier molecular flexibility index (Phi) is 13.2. The highest BCUT2D eigenvalue weighted by molar-refractivity contribution is 6.25. The van der Waals surface area contributed by atoms with Crippen LogP contribution in [0.2, 0.25) is 0 Å². The highest BCUT2D eigenvalue weighted by atomic mass is 19.1. The molecule has 5 aromatic rings. The SMILES string of the molecule is COc1cc2c(Oc3ccc(NC(=O)C4(C(=O)Nc5ccc(F)cc5)CC4)cc3)ccnc2cc1N1CCC(CN2CCN(C3CCN(c4c(F)ccc5c4C(=O)N(C4CCC(=O)NC4=O)C5=O)CC3)CC2)CC1. The molecule has 74 heavy (non-hydrogen) atoms. The summed E-state index contributed by atoms with van der Waals surface area (Å²) in [5, 5.41) is 8.59. The maximum Gasteiger partial charge on any atom is 0.264 e. The van der Waals surface area contributed by atoms with E-state index in [1.54, 1.807) is 43.6 Å². The number of pyridine rings is 1. The van der Waals surface area contributed by atoms with E-state index in [0.717, 1.165) is 98.7 Å². The number of piperazine rings is 1. The fourth-order valence-corrected chi connectivity index (χ4v) is 11.4. The Bertz CT molecular complexity index is 3040. The topological polar surface area (TPSA) is 186 Å². The van der Waals surface area contributed by atoms with Gasteiger partial charge in [-0.3, -0.25) is 48.9 Å². The Balaban J connectivity index is 0.648. The van der Waals surface area contributed by atoms with Crippen molar-refractivity contribution in [2.75, 3.05) is 86.4 Å². The number of halogens is 2. The predicted molar refractivity (Wildman–Crippen MR) is 271 cm³/mol. The lowest BCUT2D eigenvalue weighted by molar-refractivity contribution is -0.136. The number of anilines is 4. The van der Waals surface area contributed by atoms with Crippen LogP contribution in [0, 0.1) is 23.0 Å². The summed E-state index contributed by atoms with van der Waals surface area (Å²) in [5.41, 5.74) is 1.71. The van der Waals surface area contributed by atoms with Crippen molar-refractivity contribution in [3.8, 4) is 17.2 Å². The Morgan fingerprint density at radius 3 is 2.05 bits per heavy atom. The first-order valence-corrected chi connectivity index (χ1v) is 25.5. The van der Waals surface area contributed by atoms with Gasteiger partial charge >= 0.3 is 0 Å². The van der Waals surface area contributed by atoms with Crippen LogP contribution in [-0.2, 0) is 19.2 Å². The molecule has 6 aliphatic rings. The fraction of sp³-hybridized carbons (Fsp3) is 0.400. The lowest BCUT2D eigenvalue weighted by Gasteiger charge is -2.44. The molecule has 5 fully saturated rings. The van der Waals surface area contributed by atoms with Crippen molar-refractivity contribution in [3.05, 3.63) is 108 Å². The number of rotatable bonds is 13. The molecule has 1 unspecified atom stereocenters. The van der Waals surface area contributed by atoms with Gasteiger partial charge in [0.1, 0.15) is 40.3 Å². The van der Waals surface area contributed by atoms with Gasteiger partial charge in [-0.25, -0.2) is 8.78 Å². The molecule has 1 atom stereocenters. The first-order valence-electron chi connectivity index (χ1n) is 25.5. The van der Waals surface area contributed by atoms with Gasteiger partial charge < -0.3 is 34.8 Å². The van der Waals surface area contributed by atoms with Gasteiger partial charge in [-0.05, 0) is 130 Å². The molecular weight excluding hydrogens is 953 g/mol. The highest BCUT2D eigenvalue weighted by Gasteiger charge is 2.56. The van der Waals surface area contributed by atoms with E-state index in [2.05, 4.69) is 36.7 Å². The van der Waals surface area contributed by atoms with Crippen LogP contribution in [0.25, 0.3) is 10.9 Å². The van der Waals surface area contributed by atoms with Crippen LogP contribution < -0.4 is 35.2 Å². The van der Waals surface area contributed by atoms with Crippen molar-refractivity contribution in [1.82, 2.24) is 25.0 Å². The number of piperidine rings is 3. The Labute approximate surface area is 426 Å². The monoisotopic (exact) mass is 1010 g/mol. The van der Waals surface area contributed by atoms with E-state index < -0.39 is 58.5 Å². The van der Waals surface area contributed by atoms with Gasteiger partial charge in [0.15, 0.2) is 0 Å². The van der Waals surface area contributed by atoms with Crippen molar-refractivity contribution < 1.29 is 47.0 Å². The summed E-state index contributed by atoms with van der Waals surface area (Å²) >= 11 is 0. The number of carbonyl (C=O) groups is 6. The van der Waals surface area contributed by atoms with Crippen molar-refractivity contribution >= 4 is 69.1 Å². The summed E-state index contributed by atoms with van der Waals surface area (Å²) < 4.78 is 41.3. The van der Waals surface area contributed by atoms with E-state index in [4.69, 9.17) is 14.5 Å². The predicted octanol–water partition coefficient (Wildman–Crippen LogP) is 6.58. The number of methoxy groups -OCH3 is 1. The molecule has 11 rings (SSSR count). The van der Waals surface area contributed by atoms with Crippen LogP contribution in [0.4, 0.5) is 31.5 Å². The Hall–Kier alpha value is -7.51. The molecule has 5 aliphatic heterocycles.